The molecule has 5 amide bonds. The largest absolute Gasteiger partial charge is 0.394 e. The lowest BCUT2D eigenvalue weighted by Gasteiger charge is -2.27. The third kappa shape index (κ3) is 9.84. The molecule has 1 aliphatic heterocycles. The molecule has 1 heterocycles. The first-order valence-corrected chi connectivity index (χ1v) is 13.1. The van der Waals surface area contributed by atoms with Gasteiger partial charge in [0.15, 0.2) is 5.96 Å². The third-order valence-corrected chi connectivity index (χ3v) is 6.31. The fourth-order valence-corrected chi connectivity index (χ4v) is 4.02. The van der Waals surface area contributed by atoms with Crippen molar-refractivity contribution in [1.29, 1.82) is 0 Å². The number of aliphatic hydroxyl groups is 1. The molecule has 40 heavy (non-hydrogen) atoms. The molecule has 14 heteroatoms. The highest BCUT2D eigenvalue weighted by Gasteiger charge is 2.34. The average molecular weight is 561 g/mol. The molecule has 1 aromatic carbocycles. The maximum absolute atomic E-state index is 13.5. The SMILES string of the molecule is CC(C)[C@@H]1NC(=O)[C@H](Cc2ccccc2)NC(=O)[C@H](CCCN=C(N)N)NC(=O)[C@H](C)NC(=O)[C@H](CO)NC1=O. The molecule has 0 bridgehead atoms. The molecule has 0 aliphatic carbocycles. The highest BCUT2D eigenvalue weighted by Crippen LogP contribution is 2.09. The minimum absolute atomic E-state index is 0.106. The lowest BCUT2D eigenvalue weighted by Crippen LogP contribution is -2.59. The molecule has 1 aromatic rings. The fourth-order valence-electron chi connectivity index (χ4n) is 4.02. The van der Waals surface area contributed by atoms with Crippen molar-refractivity contribution >= 4 is 35.5 Å². The van der Waals surface area contributed by atoms with Crippen molar-refractivity contribution in [2.45, 2.75) is 70.2 Å². The second-order valence-electron chi connectivity index (χ2n) is 9.97. The second kappa shape index (κ2) is 15.4. The number of carbonyl (C=O) groups is 5. The van der Waals surface area contributed by atoms with Crippen molar-refractivity contribution in [1.82, 2.24) is 26.6 Å². The van der Waals surface area contributed by atoms with Gasteiger partial charge in [0.1, 0.15) is 30.2 Å². The van der Waals surface area contributed by atoms with Gasteiger partial charge >= 0.3 is 0 Å². The number of aliphatic imine (C=N–C) groups is 1. The first-order chi connectivity index (χ1) is 18.9. The number of nitrogens with one attached hydrogen (secondary N) is 5. The maximum Gasteiger partial charge on any atom is 0.245 e. The van der Waals surface area contributed by atoms with Gasteiger partial charge in [0.2, 0.25) is 29.5 Å². The van der Waals surface area contributed by atoms with Gasteiger partial charge in [-0.2, -0.15) is 0 Å². The van der Waals surface area contributed by atoms with E-state index < -0.39 is 72.3 Å². The zero-order chi connectivity index (χ0) is 29.8. The molecular weight excluding hydrogens is 520 g/mol. The Morgan fingerprint density at radius 1 is 0.825 bits per heavy atom. The zero-order valence-corrected chi connectivity index (χ0v) is 23.0. The number of hydrogen-bond donors (Lipinski definition) is 8. The Morgan fingerprint density at radius 3 is 2.00 bits per heavy atom. The molecular formula is C26H40N8O6. The van der Waals surface area contributed by atoms with Gasteiger partial charge in [-0.3, -0.25) is 29.0 Å². The van der Waals surface area contributed by atoms with E-state index >= 15 is 0 Å². The summed E-state index contributed by atoms with van der Waals surface area (Å²) in [7, 11) is 0. The van der Waals surface area contributed by atoms with Crippen molar-refractivity contribution in [3.05, 3.63) is 35.9 Å². The van der Waals surface area contributed by atoms with E-state index in [2.05, 4.69) is 31.6 Å². The Balaban J connectivity index is 2.46. The van der Waals surface area contributed by atoms with Crippen molar-refractivity contribution in [2.75, 3.05) is 13.2 Å². The van der Waals surface area contributed by atoms with Crippen LogP contribution in [-0.2, 0) is 30.4 Å². The molecule has 14 nitrogen and oxygen atoms in total. The summed E-state index contributed by atoms with van der Waals surface area (Å²) in [6.45, 7) is 4.26. The number of carbonyl (C=O) groups excluding carboxylic acids is 5. The highest BCUT2D eigenvalue weighted by atomic mass is 16.3. The first-order valence-electron chi connectivity index (χ1n) is 13.1. The van der Waals surface area contributed by atoms with Gasteiger partial charge in [0.05, 0.1) is 6.61 Å². The number of benzene rings is 1. The topological polar surface area (TPSA) is 230 Å². The molecule has 0 saturated carbocycles. The molecule has 2 rings (SSSR count). The molecule has 220 valence electrons. The van der Waals surface area contributed by atoms with Crippen LogP contribution in [0.5, 0.6) is 0 Å². The van der Waals surface area contributed by atoms with Crippen LogP contribution in [0, 0.1) is 5.92 Å². The number of amides is 5. The summed E-state index contributed by atoms with van der Waals surface area (Å²) in [5, 5.41) is 22.6. The van der Waals surface area contributed by atoms with E-state index in [1.807, 2.05) is 6.07 Å². The van der Waals surface area contributed by atoms with Crippen LogP contribution < -0.4 is 38.1 Å². The Bertz CT molecular complexity index is 1080. The van der Waals surface area contributed by atoms with Crippen LogP contribution in [0.4, 0.5) is 0 Å². The molecule has 0 aromatic heterocycles. The average Bonchev–Trinajstić information content (AvgIpc) is 2.90. The van der Waals surface area contributed by atoms with Crippen molar-refractivity contribution < 1.29 is 29.1 Å². The summed E-state index contributed by atoms with van der Waals surface area (Å²) in [5.41, 5.74) is 11.5. The molecule has 10 N–H and O–H groups in total. The maximum atomic E-state index is 13.5. The van der Waals surface area contributed by atoms with E-state index in [-0.39, 0.29) is 25.3 Å². The number of hydrogen-bond acceptors (Lipinski definition) is 7. The summed E-state index contributed by atoms with van der Waals surface area (Å²) < 4.78 is 0. The van der Waals surface area contributed by atoms with Crippen LogP contribution in [0.2, 0.25) is 0 Å². The van der Waals surface area contributed by atoms with Gasteiger partial charge in [-0.05, 0) is 31.2 Å². The molecule has 1 fully saturated rings. The smallest absolute Gasteiger partial charge is 0.245 e. The third-order valence-electron chi connectivity index (χ3n) is 6.31. The second-order valence-corrected chi connectivity index (χ2v) is 9.97. The summed E-state index contributed by atoms with van der Waals surface area (Å²) in [5.74, 6) is -3.98. The van der Waals surface area contributed by atoms with Crippen LogP contribution in [0.25, 0.3) is 0 Å². The van der Waals surface area contributed by atoms with Crippen LogP contribution in [0.1, 0.15) is 39.2 Å². The summed E-state index contributed by atoms with van der Waals surface area (Å²) >= 11 is 0. The summed E-state index contributed by atoms with van der Waals surface area (Å²) in [6, 6.07) is 3.22. The monoisotopic (exact) mass is 560 g/mol. The van der Waals surface area contributed by atoms with Gasteiger partial charge < -0.3 is 43.2 Å². The molecule has 1 saturated heterocycles. The highest BCUT2D eigenvalue weighted by molar-refractivity contribution is 5.98. The van der Waals surface area contributed by atoms with E-state index in [0.717, 1.165) is 5.56 Å². The van der Waals surface area contributed by atoms with Crippen molar-refractivity contribution in [2.24, 2.45) is 22.4 Å². The number of rotatable bonds is 8. The van der Waals surface area contributed by atoms with Crippen LogP contribution in [-0.4, -0.2) is 84.0 Å². The van der Waals surface area contributed by atoms with Gasteiger partial charge in [-0.25, -0.2) is 0 Å². The standard InChI is InChI=1S/C26H40N8O6/c1-14(2)20-25(40)33-19(13-35)24(39)30-15(3)21(36)31-17(10-7-11-29-26(27)28)22(37)32-18(23(38)34-20)12-16-8-5-4-6-9-16/h4-6,8-9,14-15,17-20,35H,7,10-13H2,1-3H3,(H,30,39)(H,31,36)(H,32,37)(H,33,40)(H,34,38)(H4,27,28,29)/t15-,17-,18-,19-,20-/m0/s1. The first kappa shape index (κ1) is 32.0. The van der Waals surface area contributed by atoms with E-state index in [0.29, 0.717) is 6.42 Å². The fraction of sp³-hybridized carbons (Fsp3) is 0.538. The minimum atomic E-state index is -1.37. The van der Waals surface area contributed by atoms with Gasteiger partial charge in [-0.1, -0.05) is 44.2 Å². The number of nitrogens with two attached hydrogens (primary N) is 2. The van der Waals surface area contributed by atoms with Crippen LogP contribution >= 0.6 is 0 Å². The molecule has 5 atom stereocenters. The van der Waals surface area contributed by atoms with Gasteiger partial charge in [0, 0.05) is 13.0 Å². The number of aliphatic hydroxyl groups excluding tert-OH is 1. The van der Waals surface area contributed by atoms with Crippen LogP contribution in [0.15, 0.2) is 35.3 Å². The molecule has 0 unspecified atom stereocenters. The van der Waals surface area contributed by atoms with Gasteiger partial charge in [-0.15, -0.1) is 0 Å². The molecule has 0 radical (unpaired) electrons. The van der Waals surface area contributed by atoms with Gasteiger partial charge in [0.25, 0.3) is 0 Å². The molecule has 1 aliphatic rings. The Labute approximate surface area is 233 Å². The van der Waals surface area contributed by atoms with E-state index in [1.165, 1.54) is 6.92 Å². The quantitative estimate of drug-likeness (QED) is 0.0951. The summed E-state index contributed by atoms with van der Waals surface area (Å²) in [6.07, 6.45) is 0.560. The normalized spacial score (nSPS) is 24.9. The Kier molecular flexibility index (Phi) is 12.3. The lowest BCUT2D eigenvalue weighted by molar-refractivity contribution is -0.135. The predicted molar refractivity (Wildman–Crippen MR) is 147 cm³/mol. The predicted octanol–water partition coefficient (Wildman–Crippen LogP) is -2.61. The van der Waals surface area contributed by atoms with E-state index in [9.17, 15) is 29.1 Å². The zero-order valence-electron chi connectivity index (χ0n) is 23.0. The molecule has 0 spiro atoms. The van der Waals surface area contributed by atoms with Crippen LogP contribution in [0.3, 0.4) is 0 Å². The Morgan fingerprint density at radius 2 is 1.40 bits per heavy atom. The van der Waals surface area contributed by atoms with Crippen molar-refractivity contribution in [3.63, 3.8) is 0 Å². The number of nitrogens with zero attached hydrogens (tertiary/aromatic N) is 1. The lowest BCUT2D eigenvalue weighted by atomic mass is 10.00. The minimum Gasteiger partial charge on any atom is -0.394 e. The van der Waals surface area contributed by atoms with Crippen molar-refractivity contribution in [3.8, 4) is 0 Å². The van der Waals surface area contributed by atoms with E-state index in [1.54, 1.807) is 38.1 Å². The Hall–Kier alpha value is -4.20. The van der Waals surface area contributed by atoms with E-state index in [4.69, 9.17) is 11.5 Å². The summed E-state index contributed by atoms with van der Waals surface area (Å²) in [4.78, 5) is 69.5. The number of guanidine groups is 1.